The molecule has 0 fully saturated rings. The molecule has 3 rings (SSSR count). The zero-order valence-electron chi connectivity index (χ0n) is 8.51. The van der Waals surface area contributed by atoms with Crippen LogP contribution in [0, 0.1) is 0 Å². The zero-order valence-corrected chi connectivity index (χ0v) is 10.9. The largest absolute Gasteiger partial charge is 0.275 e. The molecule has 0 aliphatic rings. The van der Waals surface area contributed by atoms with Crippen molar-refractivity contribution in [3.63, 3.8) is 0 Å². The number of aromatic nitrogens is 3. The highest BCUT2D eigenvalue weighted by Gasteiger charge is 2.07. The molecule has 0 aliphatic carbocycles. The summed E-state index contributed by atoms with van der Waals surface area (Å²) in [7, 11) is 1.93. The molecule has 0 N–H and O–H groups in total. The van der Waals surface area contributed by atoms with Crippen LogP contribution < -0.4 is 0 Å². The van der Waals surface area contributed by atoms with Crippen LogP contribution in [-0.4, -0.2) is 14.2 Å². The van der Waals surface area contributed by atoms with E-state index >= 15 is 0 Å². The first-order valence-electron chi connectivity index (χ1n) is 4.78. The number of hydrogen-bond acceptors (Lipinski definition) is 3. The predicted molar refractivity (Wildman–Crippen MR) is 69.5 cm³/mol. The maximum absolute atomic E-state index is 4.37. The molecular formula is C11H8BrN3S. The van der Waals surface area contributed by atoms with E-state index in [1.54, 1.807) is 0 Å². The van der Waals surface area contributed by atoms with Crippen LogP contribution in [0.25, 0.3) is 22.2 Å². The van der Waals surface area contributed by atoms with Crippen LogP contribution in [0.1, 0.15) is 0 Å². The van der Waals surface area contributed by atoms with E-state index in [4.69, 9.17) is 0 Å². The summed E-state index contributed by atoms with van der Waals surface area (Å²) in [4.78, 5) is 0. The molecule has 80 valence electrons. The van der Waals surface area contributed by atoms with Gasteiger partial charge in [0, 0.05) is 29.6 Å². The molecular weight excluding hydrogens is 286 g/mol. The molecule has 5 heteroatoms. The summed E-state index contributed by atoms with van der Waals surface area (Å²) in [5, 5.41) is 7.47. The van der Waals surface area contributed by atoms with Crippen LogP contribution >= 0.6 is 27.5 Å². The maximum Gasteiger partial charge on any atom is 0.0982 e. The van der Waals surface area contributed by atoms with E-state index in [1.807, 2.05) is 29.4 Å². The molecule has 1 aromatic carbocycles. The van der Waals surface area contributed by atoms with E-state index in [-0.39, 0.29) is 0 Å². The third-order valence-electron chi connectivity index (χ3n) is 2.42. The Morgan fingerprint density at radius 3 is 3.00 bits per heavy atom. The molecule has 0 bridgehead atoms. The second kappa shape index (κ2) is 3.68. The first-order valence-corrected chi connectivity index (χ1v) is 6.40. The number of benzene rings is 1. The Balaban J connectivity index is 2.22. The number of aryl methyl sites for hydroxylation is 1. The molecule has 16 heavy (non-hydrogen) atoms. The van der Waals surface area contributed by atoms with E-state index in [1.165, 1.54) is 11.5 Å². The third kappa shape index (κ3) is 1.56. The average Bonchev–Trinajstić information content (AvgIpc) is 2.81. The van der Waals surface area contributed by atoms with E-state index in [0.29, 0.717) is 0 Å². The van der Waals surface area contributed by atoms with E-state index < -0.39 is 0 Å². The Labute approximate surface area is 105 Å². The minimum atomic E-state index is 0.996. The van der Waals surface area contributed by atoms with Crippen LogP contribution in [-0.2, 0) is 7.05 Å². The van der Waals surface area contributed by atoms with E-state index in [0.717, 1.165) is 26.6 Å². The lowest BCUT2D eigenvalue weighted by atomic mass is 10.1. The summed E-state index contributed by atoms with van der Waals surface area (Å²) in [5.41, 5.74) is 3.13. The highest BCUT2D eigenvalue weighted by molar-refractivity contribution is 9.10. The molecule has 0 saturated heterocycles. The quantitative estimate of drug-likeness (QED) is 0.688. The van der Waals surface area contributed by atoms with Crippen LogP contribution in [0.4, 0.5) is 0 Å². The Hall–Kier alpha value is -1.20. The lowest BCUT2D eigenvalue weighted by Crippen LogP contribution is -1.84. The fourth-order valence-corrected chi connectivity index (χ4v) is 2.96. The van der Waals surface area contributed by atoms with Gasteiger partial charge >= 0.3 is 0 Å². The molecule has 0 aliphatic heterocycles. The van der Waals surface area contributed by atoms with Gasteiger partial charge in [-0.05, 0) is 39.6 Å². The minimum Gasteiger partial charge on any atom is -0.275 e. The Morgan fingerprint density at radius 2 is 2.25 bits per heavy atom. The summed E-state index contributed by atoms with van der Waals surface area (Å²) < 4.78 is 7.23. The molecule has 0 radical (unpaired) electrons. The Bertz CT molecular complexity index is 656. The van der Waals surface area contributed by atoms with Crippen molar-refractivity contribution in [3.05, 3.63) is 34.2 Å². The first-order chi connectivity index (χ1) is 7.74. The summed E-state index contributed by atoms with van der Waals surface area (Å²) in [6, 6.07) is 6.19. The van der Waals surface area contributed by atoms with Gasteiger partial charge in [-0.25, -0.2) is 0 Å². The predicted octanol–water partition coefficient (Wildman–Crippen LogP) is 3.46. The normalized spacial score (nSPS) is 11.1. The summed E-state index contributed by atoms with van der Waals surface area (Å²) in [6.45, 7) is 0. The minimum absolute atomic E-state index is 0.996. The van der Waals surface area contributed by atoms with E-state index in [9.17, 15) is 0 Å². The maximum atomic E-state index is 4.37. The van der Waals surface area contributed by atoms with Gasteiger partial charge in [0.2, 0.25) is 0 Å². The second-order valence-corrected chi connectivity index (χ2v) is 5.07. The highest BCUT2D eigenvalue weighted by atomic mass is 79.9. The lowest BCUT2D eigenvalue weighted by molar-refractivity contribution is 0.780. The van der Waals surface area contributed by atoms with Crippen LogP contribution in [0.5, 0.6) is 0 Å². The van der Waals surface area contributed by atoms with Gasteiger partial charge in [0.05, 0.1) is 15.7 Å². The van der Waals surface area contributed by atoms with Gasteiger partial charge in [0.1, 0.15) is 0 Å². The van der Waals surface area contributed by atoms with Crippen molar-refractivity contribution in [2.45, 2.75) is 0 Å². The number of halogens is 1. The van der Waals surface area contributed by atoms with Crippen LogP contribution in [0.3, 0.4) is 0 Å². The highest BCUT2D eigenvalue weighted by Crippen LogP contribution is 2.30. The molecule has 0 unspecified atom stereocenters. The standard InChI is InChI=1S/C11H8BrN3S/c1-15-5-8-4-7(2-3-10(8)13-15)11-9(12)6-16-14-11/h2-6H,1H3. The number of hydrogen-bond donors (Lipinski definition) is 0. The molecule has 0 saturated carbocycles. The van der Waals surface area contributed by atoms with Gasteiger partial charge in [-0.1, -0.05) is 6.07 Å². The van der Waals surface area contributed by atoms with Crippen molar-refractivity contribution in [2.24, 2.45) is 7.05 Å². The summed E-state index contributed by atoms with van der Waals surface area (Å²) in [5.74, 6) is 0. The van der Waals surface area contributed by atoms with Crippen molar-refractivity contribution in [3.8, 4) is 11.3 Å². The van der Waals surface area contributed by atoms with Gasteiger partial charge in [-0.2, -0.15) is 9.47 Å². The van der Waals surface area contributed by atoms with Gasteiger partial charge in [0.15, 0.2) is 0 Å². The molecule has 3 nitrogen and oxygen atoms in total. The average molecular weight is 294 g/mol. The zero-order chi connectivity index (χ0) is 11.1. The van der Waals surface area contributed by atoms with Gasteiger partial charge in [-0.15, -0.1) is 0 Å². The summed E-state index contributed by atoms with van der Waals surface area (Å²) >= 11 is 4.95. The number of nitrogens with zero attached hydrogens (tertiary/aromatic N) is 3. The van der Waals surface area contributed by atoms with Crippen molar-refractivity contribution < 1.29 is 0 Å². The Morgan fingerprint density at radius 1 is 1.38 bits per heavy atom. The fourth-order valence-electron chi connectivity index (χ4n) is 1.71. The smallest absolute Gasteiger partial charge is 0.0982 e. The molecule has 2 aromatic heterocycles. The fraction of sp³-hybridized carbons (Fsp3) is 0.0909. The topological polar surface area (TPSA) is 30.7 Å². The van der Waals surface area contributed by atoms with Gasteiger partial charge < -0.3 is 0 Å². The van der Waals surface area contributed by atoms with Gasteiger partial charge in [0.25, 0.3) is 0 Å². The first kappa shape index (κ1) is 9.99. The molecule has 2 heterocycles. The summed E-state index contributed by atoms with van der Waals surface area (Å²) in [6.07, 6.45) is 2.01. The lowest BCUT2D eigenvalue weighted by Gasteiger charge is -1.97. The van der Waals surface area contributed by atoms with Crippen LogP contribution in [0.15, 0.2) is 34.2 Å². The molecule has 0 atom stereocenters. The van der Waals surface area contributed by atoms with Crippen molar-refractivity contribution in [1.82, 2.24) is 14.2 Å². The number of rotatable bonds is 1. The second-order valence-electron chi connectivity index (χ2n) is 3.59. The number of fused-ring (bicyclic) bond motifs is 1. The van der Waals surface area contributed by atoms with Gasteiger partial charge in [-0.3, -0.25) is 4.68 Å². The molecule has 0 spiro atoms. The van der Waals surface area contributed by atoms with Crippen molar-refractivity contribution in [1.29, 1.82) is 0 Å². The monoisotopic (exact) mass is 293 g/mol. The molecule has 3 aromatic rings. The Kier molecular flexibility index (Phi) is 2.29. The van der Waals surface area contributed by atoms with Crippen molar-refractivity contribution >= 4 is 38.4 Å². The van der Waals surface area contributed by atoms with Crippen LogP contribution in [0.2, 0.25) is 0 Å². The third-order valence-corrected chi connectivity index (χ3v) is 3.96. The SMILES string of the molecule is Cn1cc2cc(-c3nscc3Br)ccc2n1. The molecule has 0 amide bonds. The van der Waals surface area contributed by atoms with E-state index in [2.05, 4.69) is 37.5 Å². The van der Waals surface area contributed by atoms with Crippen molar-refractivity contribution in [2.75, 3.05) is 0 Å².